The molecule has 0 aliphatic rings. The zero-order chi connectivity index (χ0) is 39.0. The second-order valence-corrected chi connectivity index (χ2v) is 11.0. The summed E-state index contributed by atoms with van der Waals surface area (Å²) in [5.41, 5.74) is 3.49. The zero-order valence-electron chi connectivity index (χ0n) is 30.1. The fourth-order valence-electron chi connectivity index (χ4n) is 5.54. The summed E-state index contributed by atoms with van der Waals surface area (Å²) in [6.07, 6.45) is 4.45. The number of hydrogen-bond donors (Lipinski definition) is 0. The lowest BCUT2D eigenvalue weighted by Gasteiger charge is -2.37. The van der Waals surface area contributed by atoms with Gasteiger partial charge in [0.15, 0.2) is 13.2 Å². The van der Waals surface area contributed by atoms with Gasteiger partial charge < -0.3 is 24.2 Å². The van der Waals surface area contributed by atoms with E-state index in [1.807, 2.05) is 54.6 Å². The number of ether oxygens (including phenoxy) is 2. The number of hydrogen-bond acceptors (Lipinski definition) is 9. The minimum absolute atomic E-state index is 0.159. The van der Waals surface area contributed by atoms with Crippen LogP contribution in [0, 0.1) is 0 Å². The van der Waals surface area contributed by atoms with E-state index >= 15 is 0 Å². The van der Waals surface area contributed by atoms with Gasteiger partial charge in [0.2, 0.25) is 26.1 Å². The maximum Gasteiger partial charge on any atom is 0.410 e. The quantitative estimate of drug-likeness (QED) is 0.0489. The average molecular weight is 745 g/mol. The third-order valence-electron chi connectivity index (χ3n) is 7.72. The van der Waals surface area contributed by atoms with Crippen molar-refractivity contribution in [3.8, 4) is 0 Å². The van der Waals surface area contributed by atoms with E-state index in [-0.39, 0.29) is 23.4 Å². The number of carbonyl (C=O) groups is 2. The summed E-state index contributed by atoms with van der Waals surface area (Å²) in [6, 6.07) is 40.7. The van der Waals surface area contributed by atoms with Gasteiger partial charge in [0.1, 0.15) is 0 Å². The molecule has 0 fully saturated rings. The Bertz CT molecular complexity index is 1650. The number of nitrogens with zero attached hydrogens (tertiary/aromatic N) is 2. The summed E-state index contributed by atoms with van der Waals surface area (Å²) in [5.74, 6) is -1.50. The van der Waals surface area contributed by atoms with Crippen LogP contribution in [0.4, 0.5) is 8.78 Å². The van der Waals surface area contributed by atoms with Crippen LogP contribution in [0.2, 0.25) is 0 Å². The van der Waals surface area contributed by atoms with Gasteiger partial charge >= 0.3 is 23.3 Å². The largest absolute Gasteiger partial charge is 0.871 e. The molecule has 14 heteroatoms. The highest BCUT2D eigenvalue weighted by atomic mass is 19.1. The Balaban J connectivity index is 0.000000238. The smallest absolute Gasteiger partial charge is 0.410 e. The normalized spacial score (nSPS) is 10.4. The summed E-state index contributed by atoms with van der Waals surface area (Å²) in [6.45, 7) is 2.26. The van der Waals surface area contributed by atoms with E-state index < -0.39 is 33.0 Å². The second-order valence-electron chi connectivity index (χ2n) is 11.0. The van der Waals surface area contributed by atoms with E-state index in [0.717, 1.165) is 6.42 Å². The fourth-order valence-corrected chi connectivity index (χ4v) is 5.54. The second kappa shape index (κ2) is 23.8. The van der Waals surface area contributed by atoms with Crippen molar-refractivity contribution in [2.24, 2.45) is 0 Å². The van der Waals surface area contributed by atoms with Crippen molar-refractivity contribution in [2.45, 2.75) is 32.1 Å². The minimum atomic E-state index is -2.23. The Morgan fingerprint density at radius 2 is 0.981 bits per heavy atom. The topological polar surface area (TPSA) is 134 Å². The lowest BCUT2D eigenvalue weighted by atomic mass is 9.67. The molecule has 0 aliphatic carbocycles. The SMILES string of the molecule is CCO[n+]1ccccc1C(=O)OCF.CCO[n+]1ccccc1C(=O)OCF.[O-]B([O-])OCCCC(c1ccccc1)(c1ccccc1)c1ccccc1. The molecule has 0 spiro atoms. The van der Waals surface area contributed by atoms with Crippen molar-refractivity contribution in [3.63, 3.8) is 0 Å². The van der Waals surface area contributed by atoms with Crippen molar-refractivity contribution >= 4 is 19.3 Å². The molecule has 2 heterocycles. The van der Waals surface area contributed by atoms with Crippen molar-refractivity contribution in [2.75, 3.05) is 33.5 Å². The third kappa shape index (κ3) is 12.8. The van der Waals surface area contributed by atoms with Crippen LogP contribution in [0.5, 0.6) is 0 Å². The minimum Gasteiger partial charge on any atom is -0.871 e. The molecule has 5 aromatic rings. The molecule has 5 rings (SSSR count). The molecule has 2 aromatic heterocycles. The summed E-state index contributed by atoms with van der Waals surface area (Å²) in [4.78, 5) is 32.6. The molecule has 0 atom stereocenters. The van der Waals surface area contributed by atoms with Crippen LogP contribution in [0.3, 0.4) is 0 Å². The first-order chi connectivity index (χ1) is 26.3. The van der Waals surface area contributed by atoms with E-state index in [4.69, 9.17) is 14.3 Å². The number of benzene rings is 3. The number of halogens is 2. The molecule has 0 radical (unpaired) electrons. The van der Waals surface area contributed by atoms with E-state index in [0.29, 0.717) is 19.6 Å². The number of pyridine rings is 2. The predicted molar refractivity (Wildman–Crippen MR) is 190 cm³/mol. The molecule has 0 unspecified atom stereocenters. The first kappa shape index (κ1) is 42.7. The Hall–Kier alpha value is -5.70. The molecular formula is C40H43BF2N2O9. The van der Waals surface area contributed by atoms with Gasteiger partial charge in [0, 0.05) is 45.7 Å². The molecule has 0 saturated carbocycles. The highest BCUT2D eigenvalue weighted by molar-refractivity contribution is 6.28. The van der Waals surface area contributed by atoms with Gasteiger partial charge in [-0.25, -0.2) is 18.4 Å². The molecule has 0 N–H and O–H groups in total. The molecule has 0 amide bonds. The van der Waals surface area contributed by atoms with Crippen LogP contribution in [0.15, 0.2) is 140 Å². The highest BCUT2D eigenvalue weighted by Gasteiger charge is 2.35. The Labute approximate surface area is 314 Å². The van der Waals surface area contributed by atoms with E-state index in [9.17, 15) is 28.4 Å². The molecule has 11 nitrogen and oxygen atoms in total. The molecule has 0 aliphatic heterocycles. The van der Waals surface area contributed by atoms with Crippen molar-refractivity contribution in [1.29, 1.82) is 0 Å². The van der Waals surface area contributed by atoms with Gasteiger partial charge in [-0.1, -0.05) is 91.0 Å². The van der Waals surface area contributed by atoms with Gasteiger partial charge in [0.25, 0.3) is 0 Å². The summed E-state index contributed by atoms with van der Waals surface area (Å²) < 4.78 is 39.2. The highest BCUT2D eigenvalue weighted by Crippen LogP contribution is 2.42. The zero-order valence-corrected chi connectivity index (χ0v) is 30.1. The van der Waals surface area contributed by atoms with Gasteiger partial charge in [-0.05, 0) is 55.5 Å². The number of carbonyl (C=O) groups excluding carboxylic acids is 2. The first-order valence-electron chi connectivity index (χ1n) is 17.2. The Kier molecular flexibility index (Phi) is 18.8. The lowest BCUT2D eigenvalue weighted by molar-refractivity contribution is -0.892. The monoisotopic (exact) mass is 744 g/mol. The Morgan fingerprint density at radius 1 is 0.611 bits per heavy atom. The summed E-state index contributed by atoms with van der Waals surface area (Å²) >= 11 is 0. The third-order valence-corrected chi connectivity index (χ3v) is 7.72. The van der Waals surface area contributed by atoms with E-state index in [2.05, 4.69) is 45.9 Å². The maximum atomic E-state index is 11.8. The van der Waals surface area contributed by atoms with E-state index in [1.54, 1.807) is 50.5 Å². The Morgan fingerprint density at radius 3 is 1.31 bits per heavy atom. The van der Waals surface area contributed by atoms with E-state index in [1.165, 1.54) is 38.3 Å². The van der Waals surface area contributed by atoms with Crippen LogP contribution >= 0.6 is 0 Å². The molecule has 284 valence electrons. The van der Waals surface area contributed by atoms with Crippen molar-refractivity contribution < 1.29 is 61.7 Å². The van der Waals surface area contributed by atoms with Gasteiger partial charge in [0.05, 0.1) is 7.32 Å². The van der Waals surface area contributed by atoms with Crippen LogP contribution < -0.4 is 29.2 Å². The van der Waals surface area contributed by atoms with Gasteiger partial charge in [-0.15, -0.1) is 0 Å². The van der Waals surface area contributed by atoms with Gasteiger partial charge in [-0.2, -0.15) is 0 Å². The number of rotatable bonds is 16. The number of alkyl halides is 2. The standard InChI is InChI=1S/C22H21BO3.2C9H11FNO3/c24-23(25)26-18-10-17-22(19-11-4-1-5-12-19,20-13-6-2-7-14-20)21-15-8-3-9-16-21;2*1-2-14-11-6-4-3-5-8(11)9(12)13-7-10/h1-9,11-16H,10,17-18H2;2*3-6H,2,7H2,1H3/q-2;2*+1. The summed E-state index contributed by atoms with van der Waals surface area (Å²) in [5, 5.41) is 21.4. The molecule has 54 heavy (non-hydrogen) atoms. The number of esters is 2. The predicted octanol–water partition coefficient (Wildman–Crippen LogP) is 3.54. The summed E-state index contributed by atoms with van der Waals surface area (Å²) in [7, 11) is -2.23. The molecule has 0 bridgehead atoms. The fraction of sp³-hybridized carbons (Fsp3) is 0.250. The van der Waals surface area contributed by atoms with Crippen molar-refractivity contribution in [3.05, 3.63) is 168 Å². The van der Waals surface area contributed by atoms with Crippen LogP contribution in [0.1, 0.15) is 64.4 Å². The number of aromatic nitrogens is 2. The molecule has 3 aromatic carbocycles. The molecule has 0 saturated heterocycles. The van der Waals surface area contributed by atoms with Crippen LogP contribution in [-0.4, -0.2) is 52.8 Å². The van der Waals surface area contributed by atoms with Crippen molar-refractivity contribution in [1.82, 2.24) is 0 Å². The van der Waals surface area contributed by atoms with Crippen LogP contribution in [0.25, 0.3) is 0 Å². The maximum absolute atomic E-state index is 11.8. The lowest BCUT2D eigenvalue weighted by Crippen LogP contribution is -2.48. The van der Waals surface area contributed by atoms with Gasteiger partial charge in [-0.3, -0.25) is 9.68 Å². The van der Waals surface area contributed by atoms with Crippen LogP contribution in [-0.2, 0) is 19.5 Å². The molecular weight excluding hydrogens is 701 g/mol. The average Bonchev–Trinajstić information content (AvgIpc) is 3.20. The first-order valence-corrected chi connectivity index (χ1v) is 17.2.